The van der Waals surface area contributed by atoms with Gasteiger partial charge in [0.15, 0.2) is 0 Å². The van der Waals surface area contributed by atoms with Crippen molar-refractivity contribution in [3.63, 3.8) is 0 Å². The van der Waals surface area contributed by atoms with E-state index in [1.807, 2.05) is 48.7 Å². The lowest BCUT2D eigenvalue weighted by Gasteiger charge is -2.34. The van der Waals surface area contributed by atoms with Gasteiger partial charge in [-0.3, -0.25) is 9.69 Å². The zero-order valence-electron chi connectivity index (χ0n) is 16.6. The Morgan fingerprint density at radius 2 is 2.03 bits per heavy atom. The van der Waals surface area contributed by atoms with Crippen LogP contribution in [0.1, 0.15) is 30.8 Å². The van der Waals surface area contributed by atoms with Crippen LogP contribution in [0.2, 0.25) is 0 Å². The van der Waals surface area contributed by atoms with Crippen molar-refractivity contribution >= 4 is 11.6 Å². The zero-order chi connectivity index (χ0) is 20.1. The number of carbonyl (C=O) groups is 1. The lowest BCUT2D eigenvalue weighted by molar-refractivity contribution is -0.122. The number of rotatable bonds is 7. The molecular formula is C22H26N4O3. The van der Waals surface area contributed by atoms with Gasteiger partial charge < -0.3 is 14.5 Å². The van der Waals surface area contributed by atoms with Crippen molar-refractivity contribution in [1.82, 2.24) is 14.7 Å². The van der Waals surface area contributed by atoms with Gasteiger partial charge in [-0.2, -0.15) is 5.10 Å². The smallest absolute Gasteiger partial charge is 0.241 e. The summed E-state index contributed by atoms with van der Waals surface area (Å²) < 4.78 is 12.7. The summed E-state index contributed by atoms with van der Waals surface area (Å²) in [6.45, 7) is 1.97. The number of furan rings is 1. The summed E-state index contributed by atoms with van der Waals surface area (Å²) in [6, 6.07) is 13.3. The Balaban J connectivity index is 1.40. The molecule has 1 aromatic carbocycles. The second-order valence-corrected chi connectivity index (χ2v) is 7.27. The molecule has 29 heavy (non-hydrogen) atoms. The van der Waals surface area contributed by atoms with Gasteiger partial charge in [0.25, 0.3) is 0 Å². The van der Waals surface area contributed by atoms with Crippen LogP contribution in [0.5, 0.6) is 0 Å². The molecule has 1 aliphatic heterocycles. The minimum Gasteiger partial charge on any atom is -0.462 e. The van der Waals surface area contributed by atoms with Gasteiger partial charge in [0, 0.05) is 25.2 Å². The molecule has 2 aromatic heterocycles. The number of hydrogen-bond acceptors (Lipinski definition) is 5. The number of nitrogens with one attached hydrogen (secondary N) is 1. The van der Waals surface area contributed by atoms with E-state index in [1.54, 1.807) is 18.0 Å². The average Bonchev–Trinajstić information content (AvgIpc) is 3.42. The third kappa shape index (κ3) is 4.75. The molecule has 1 N–H and O–H groups in total. The molecule has 7 heteroatoms. The number of anilines is 1. The van der Waals surface area contributed by atoms with Gasteiger partial charge in [0.1, 0.15) is 18.1 Å². The lowest BCUT2D eigenvalue weighted by atomic mass is 10.0. The second-order valence-electron chi connectivity index (χ2n) is 7.27. The van der Waals surface area contributed by atoms with Crippen LogP contribution in [0.15, 0.2) is 59.3 Å². The standard InChI is InChI=1S/C22H26N4O3/c1-28-16-20-11-10-19(29-20)15-25-13-3-2-5-21(25)22(27)24-17-6-8-18(9-7-17)26-14-4-12-23-26/h4,6-12,14,21H,2-3,5,13,15-16H2,1H3,(H,24,27)/t21-/m1/s1. The molecule has 4 rings (SSSR count). The Bertz CT molecular complexity index is 918. The molecular weight excluding hydrogens is 368 g/mol. The molecule has 0 saturated carbocycles. The van der Waals surface area contributed by atoms with Crippen LogP contribution in [-0.2, 0) is 22.7 Å². The highest BCUT2D eigenvalue weighted by Crippen LogP contribution is 2.23. The first-order valence-corrected chi connectivity index (χ1v) is 9.94. The van der Waals surface area contributed by atoms with Crippen molar-refractivity contribution in [3.05, 3.63) is 66.4 Å². The van der Waals surface area contributed by atoms with Crippen LogP contribution in [0, 0.1) is 0 Å². The summed E-state index contributed by atoms with van der Waals surface area (Å²) >= 11 is 0. The van der Waals surface area contributed by atoms with Crippen molar-refractivity contribution in [2.75, 3.05) is 19.0 Å². The van der Waals surface area contributed by atoms with E-state index in [2.05, 4.69) is 15.3 Å². The van der Waals surface area contributed by atoms with Crippen molar-refractivity contribution in [3.8, 4) is 5.69 Å². The van der Waals surface area contributed by atoms with Crippen LogP contribution >= 0.6 is 0 Å². The van der Waals surface area contributed by atoms with Crippen LogP contribution in [0.25, 0.3) is 5.69 Å². The summed E-state index contributed by atoms with van der Waals surface area (Å²) in [7, 11) is 1.65. The first-order chi connectivity index (χ1) is 14.2. The summed E-state index contributed by atoms with van der Waals surface area (Å²) in [5, 5.41) is 7.28. The SMILES string of the molecule is COCc1ccc(CN2CCCC[C@@H]2C(=O)Nc2ccc(-n3cccn3)cc2)o1. The molecule has 3 heterocycles. The van der Waals surface area contributed by atoms with E-state index in [0.29, 0.717) is 13.2 Å². The van der Waals surface area contributed by atoms with Crippen LogP contribution < -0.4 is 5.32 Å². The maximum atomic E-state index is 13.0. The molecule has 1 aliphatic rings. The normalized spacial score (nSPS) is 17.3. The summed E-state index contributed by atoms with van der Waals surface area (Å²) in [4.78, 5) is 15.2. The zero-order valence-corrected chi connectivity index (χ0v) is 16.6. The van der Waals surface area contributed by atoms with Crippen molar-refractivity contribution in [2.24, 2.45) is 0 Å². The Morgan fingerprint density at radius 1 is 1.21 bits per heavy atom. The molecule has 152 valence electrons. The number of methoxy groups -OCH3 is 1. The van der Waals surface area contributed by atoms with E-state index in [-0.39, 0.29) is 11.9 Å². The fourth-order valence-corrected chi connectivity index (χ4v) is 3.75. The van der Waals surface area contributed by atoms with Crippen molar-refractivity contribution in [2.45, 2.75) is 38.5 Å². The van der Waals surface area contributed by atoms with Crippen molar-refractivity contribution in [1.29, 1.82) is 0 Å². The Kier molecular flexibility index (Phi) is 6.07. The fraction of sp³-hybridized carbons (Fsp3) is 0.364. The molecule has 1 saturated heterocycles. The van der Waals surface area contributed by atoms with Gasteiger partial charge in [-0.05, 0) is 61.9 Å². The molecule has 0 unspecified atom stereocenters. The highest BCUT2D eigenvalue weighted by atomic mass is 16.5. The molecule has 1 fully saturated rings. The monoisotopic (exact) mass is 394 g/mol. The number of amides is 1. The van der Waals surface area contributed by atoms with Gasteiger partial charge in [0.05, 0.1) is 18.3 Å². The Hall–Kier alpha value is -2.90. The summed E-state index contributed by atoms with van der Waals surface area (Å²) in [6.07, 6.45) is 6.63. The predicted octanol–water partition coefficient (Wildman–Crippen LogP) is 3.60. The first kappa shape index (κ1) is 19.4. The number of nitrogens with zero attached hydrogens (tertiary/aromatic N) is 3. The third-order valence-electron chi connectivity index (χ3n) is 5.18. The highest BCUT2D eigenvalue weighted by Gasteiger charge is 2.29. The predicted molar refractivity (Wildman–Crippen MR) is 110 cm³/mol. The third-order valence-corrected chi connectivity index (χ3v) is 5.18. The summed E-state index contributed by atoms with van der Waals surface area (Å²) in [5.41, 5.74) is 1.74. The number of likely N-dealkylation sites (tertiary alicyclic amines) is 1. The van der Waals surface area contributed by atoms with Gasteiger partial charge >= 0.3 is 0 Å². The van der Waals surface area contributed by atoms with E-state index >= 15 is 0 Å². The fourth-order valence-electron chi connectivity index (χ4n) is 3.75. The summed E-state index contributed by atoms with van der Waals surface area (Å²) in [5.74, 6) is 1.69. The number of ether oxygens (including phenoxy) is 1. The Morgan fingerprint density at radius 3 is 2.79 bits per heavy atom. The number of hydrogen-bond donors (Lipinski definition) is 1. The van der Waals surface area contributed by atoms with E-state index < -0.39 is 0 Å². The lowest BCUT2D eigenvalue weighted by Crippen LogP contribution is -2.46. The number of aromatic nitrogens is 2. The number of benzene rings is 1. The maximum absolute atomic E-state index is 13.0. The molecule has 3 aromatic rings. The first-order valence-electron chi connectivity index (χ1n) is 9.94. The minimum atomic E-state index is -0.162. The quantitative estimate of drug-likeness (QED) is 0.663. The van der Waals surface area contributed by atoms with Gasteiger partial charge in [-0.15, -0.1) is 0 Å². The topological polar surface area (TPSA) is 72.5 Å². The largest absolute Gasteiger partial charge is 0.462 e. The Labute approximate surface area is 170 Å². The number of piperidine rings is 1. The van der Waals surface area contributed by atoms with Gasteiger partial charge in [-0.25, -0.2) is 4.68 Å². The molecule has 0 aliphatic carbocycles. The van der Waals surface area contributed by atoms with Crippen LogP contribution in [0.4, 0.5) is 5.69 Å². The molecule has 0 bridgehead atoms. The van der Waals surface area contributed by atoms with E-state index in [1.165, 1.54) is 0 Å². The van der Waals surface area contributed by atoms with E-state index in [4.69, 9.17) is 9.15 Å². The maximum Gasteiger partial charge on any atom is 0.241 e. The molecule has 1 amide bonds. The van der Waals surface area contributed by atoms with Gasteiger partial charge in [0.2, 0.25) is 5.91 Å². The van der Waals surface area contributed by atoms with E-state index in [0.717, 1.165) is 48.7 Å². The molecule has 0 spiro atoms. The second kappa shape index (κ2) is 9.07. The molecule has 0 radical (unpaired) electrons. The highest BCUT2D eigenvalue weighted by molar-refractivity contribution is 5.94. The van der Waals surface area contributed by atoms with Gasteiger partial charge in [-0.1, -0.05) is 6.42 Å². The van der Waals surface area contributed by atoms with Crippen LogP contribution in [0.3, 0.4) is 0 Å². The molecule has 7 nitrogen and oxygen atoms in total. The van der Waals surface area contributed by atoms with Crippen molar-refractivity contribution < 1.29 is 13.9 Å². The molecule has 1 atom stereocenters. The van der Waals surface area contributed by atoms with E-state index in [9.17, 15) is 4.79 Å². The average molecular weight is 394 g/mol. The van der Waals surface area contributed by atoms with Crippen LogP contribution in [-0.4, -0.2) is 40.3 Å². The minimum absolute atomic E-state index is 0.0280. The number of carbonyl (C=O) groups excluding carboxylic acids is 1.